The molecule has 7 heavy (non-hydrogen) atoms. The first-order chi connectivity index (χ1) is 3.00. The number of hydrogen-bond donors (Lipinski definition) is 1. The van der Waals surface area contributed by atoms with Crippen molar-refractivity contribution >= 4 is 0 Å². The smallest absolute Gasteiger partial charge is 0.00489 e. The van der Waals surface area contributed by atoms with Crippen LogP contribution in [0, 0.1) is 0 Å². The van der Waals surface area contributed by atoms with Crippen LogP contribution in [-0.2, 0) is 0 Å². The van der Waals surface area contributed by atoms with E-state index in [9.17, 15) is 0 Å². The van der Waals surface area contributed by atoms with Gasteiger partial charge in [-0.1, -0.05) is 6.42 Å². The molecule has 0 spiro atoms. The second-order valence-corrected chi connectivity index (χ2v) is 1.81. The van der Waals surface area contributed by atoms with Crippen molar-refractivity contribution in [2.45, 2.75) is 19.3 Å². The summed E-state index contributed by atoms with van der Waals surface area (Å²) in [6.07, 6.45) is 4.22. The van der Waals surface area contributed by atoms with E-state index in [1.54, 1.807) is 0 Å². The van der Waals surface area contributed by atoms with Crippen LogP contribution in [0.1, 0.15) is 19.3 Å². The van der Waals surface area contributed by atoms with Gasteiger partial charge in [-0.15, -0.1) is 0 Å². The molecule has 0 amide bonds. The summed E-state index contributed by atoms with van der Waals surface area (Å²) < 4.78 is 0. The number of piperidine rings is 1. The summed E-state index contributed by atoms with van der Waals surface area (Å²) in [5, 5.41) is 3.28. The molecule has 0 aromatic heterocycles. The fourth-order valence-corrected chi connectivity index (χ4v) is 0.802. The van der Waals surface area contributed by atoms with Crippen molar-refractivity contribution in [2.75, 3.05) is 13.1 Å². The molecule has 1 aliphatic rings. The molecule has 0 unspecified atom stereocenters. The summed E-state index contributed by atoms with van der Waals surface area (Å²) in [7, 11) is 0. The summed E-state index contributed by atoms with van der Waals surface area (Å²) in [5.74, 6) is 0. The Morgan fingerprint density at radius 2 is 1.43 bits per heavy atom. The molecule has 0 saturated carbocycles. The molecule has 0 aromatic carbocycles. The molecule has 0 bridgehead atoms. The predicted octanol–water partition coefficient (Wildman–Crippen LogP) is 0.912. The highest BCUT2D eigenvalue weighted by atomic mass is 19.0. The maximum absolute atomic E-state index is 3.28. The molecular formula is C5H12FN. The van der Waals surface area contributed by atoms with Crippen molar-refractivity contribution in [3.8, 4) is 0 Å². The third kappa shape index (κ3) is 2.57. The van der Waals surface area contributed by atoms with Gasteiger partial charge in [0.25, 0.3) is 0 Å². The Bertz CT molecular complexity index is 23.6. The number of halogens is 1. The average Bonchev–Trinajstić information content (AvgIpc) is 1.72. The molecule has 0 aliphatic carbocycles. The normalized spacial score (nSPS) is 20.6. The lowest BCUT2D eigenvalue weighted by molar-refractivity contribution is 0.520. The molecule has 1 nitrogen and oxygen atoms in total. The minimum absolute atomic E-state index is 0. The number of nitrogens with one attached hydrogen (secondary N) is 1. The van der Waals surface area contributed by atoms with Crippen LogP contribution in [0.3, 0.4) is 0 Å². The summed E-state index contributed by atoms with van der Waals surface area (Å²) in [5.41, 5.74) is 0. The molecule has 1 aliphatic heterocycles. The summed E-state index contributed by atoms with van der Waals surface area (Å²) >= 11 is 0. The van der Waals surface area contributed by atoms with Gasteiger partial charge in [-0.25, -0.2) is 0 Å². The van der Waals surface area contributed by atoms with Crippen LogP contribution in [0.4, 0.5) is 4.70 Å². The first-order valence-electron chi connectivity index (χ1n) is 2.71. The minimum Gasteiger partial charge on any atom is -0.317 e. The Labute approximate surface area is 43.5 Å². The van der Waals surface area contributed by atoms with E-state index in [-0.39, 0.29) is 4.70 Å². The van der Waals surface area contributed by atoms with Gasteiger partial charge in [0.2, 0.25) is 0 Å². The molecule has 2 heteroatoms. The Balaban J connectivity index is 0.000000360. The number of hydrogen-bond acceptors (Lipinski definition) is 1. The Kier molecular flexibility index (Phi) is 4.00. The van der Waals surface area contributed by atoms with Gasteiger partial charge in [0, 0.05) is 0 Å². The molecule has 1 fully saturated rings. The number of rotatable bonds is 0. The van der Waals surface area contributed by atoms with E-state index in [0.29, 0.717) is 0 Å². The van der Waals surface area contributed by atoms with Crippen LogP contribution < -0.4 is 5.32 Å². The van der Waals surface area contributed by atoms with Gasteiger partial charge in [-0.2, -0.15) is 0 Å². The van der Waals surface area contributed by atoms with Gasteiger partial charge in [-0.3, -0.25) is 4.70 Å². The molecule has 0 radical (unpaired) electrons. The topological polar surface area (TPSA) is 12.0 Å². The Morgan fingerprint density at radius 1 is 0.857 bits per heavy atom. The lowest BCUT2D eigenvalue weighted by Crippen LogP contribution is -2.21. The SMILES string of the molecule is C1CCNCC1.F. The highest BCUT2D eigenvalue weighted by Crippen LogP contribution is 1.96. The van der Waals surface area contributed by atoms with Gasteiger partial charge < -0.3 is 5.32 Å². The molecule has 0 atom stereocenters. The Hall–Kier alpha value is -0.110. The Morgan fingerprint density at radius 3 is 1.57 bits per heavy atom. The molecule has 44 valence electrons. The highest BCUT2D eigenvalue weighted by molar-refractivity contribution is 4.55. The van der Waals surface area contributed by atoms with Gasteiger partial charge in [0.05, 0.1) is 0 Å². The van der Waals surface area contributed by atoms with E-state index in [1.807, 2.05) is 0 Å². The predicted molar refractivity (Wildman–Crippen MR) is 29.2 cm³/mol. The van der Waals surface area contributed by atoms with E-state index < -0.39 is 0 Å². The molecule has 1 saturated heterocycles. The van der Waals surface area contributed by atoms with E-state index in [1.165, 1.54) is 32.4 Å². The first kappa shape index (κ1) is 6.89. The zero-order valence-corrected chi connectivity index (χ0v) is 4.44. The lowest BCUT2D eigenvalue weighted by Gasteiger charge is -2.08. The standard InChI is InChI=1S/C5H11N.FH/c1-2-4-6-5-3-1;/h6H,1-5H2;1H. The van der Waals surface area contributed by atoms with Crippen molar-refractivity contribution < 1.29 is 4.70 Å². The van der Waals surface area contributed by atoms with Crippen LogP contribution >= 0.6 is 0 Å². The van der Waals surface area contributed by atoms with Crippen molar-refractivity contribution in [1.29, 1.82) is 0 Å². The maximum Gasteiger partial charge on any atom is -0.00489 e. The summed E-state index contributed by atoms with van der Waals surface area (Å²) in [4.78, 5) is 0. The molecule has 1 N–H and O–H groups in total. The zero-order chi connectivity index (χ0) is 4.24. The third-order valence-electron chi connectivity index (χ3n) is 1.21. The molecule has 1 rings (SSSR count). The van der Waals surface area contributed by atoms with Gasteiger partial charge in [-0.05, 0) is 25.9 Å². The monoisotopic (exact) mass is 105 g/mol. The van der Waals surface area contributed by atoms with Crippen LogP contribution in [-0.4, -0.2) is 13.1 Å². The van der Waals surface area contributed by atoms with E-state index in [0.717, 1.165) is 0 Å². The van der Waals surface area contributed by atoms with Crippen molar-refractivity contribution in [1.82, 2.24) is 5.32 Å². The van der Waals surface area contributed by atoms with Crippen molar-refractivity contribution in [3.05, 3.63) is 0 Å². The third-order valence-corrected chi connectivity index (χ3v) is 1.21. The van der Waals surface area contributed by atoms with E-state index >= 15 is 0 Å². The second-order valence-electron chi connectivity index (χ2n) is 1.81. The van der Waals surface area contributed by atoms with E-state index in [2.05, 4.69) is 5.32 Å². The van der Waals surface area contributed by atoms with Crippen LogP contribution in [0.15, 0.2) is 0 Å². The van der Waals surface area contributed by atoms with Gasteiger partial charge >= 0.3 is 0 Å². The van der Waals surface area contributed by atoms with Crippen LogP contribution in [0.2, 0.25) is 0 Å². The summed E-state index contributed by atoms with van der Waals surface area (Å²) in [6.45, 7) is 2.50. The van der Waals surface area contributed by atoms with Crippen LogP contribution in [0.5, 0.6) is 0 Å². The average molecular weight is 105 g/mol. The van der Waals surface area contributed by atoms with Crippen molar-refractivity contribution in [2.24, 2.45) is 0 Å². The fourth-order valence-electron chi connectivity index (χ4n) is 0.802. The van der Waals surface area contributed by atoms with E-state index in [4.69, 9.17) is 0 Å². The van der Waals surface area contributed by atoms with Crippen molar-refractivity contribution in [3.63, 3.8) is 0 Å². The zero-order valence-electron chi connectivity index (χ0n) is 4.44. The first-order valence-corrected chi connectivity index (χ1v) is 2.71. The highest BCUT2D eigenvalue weighted by Gasteiger charge is 1.93. The fraction of sp³-hybridized carbons (Fsp3) is 1.00. The molecular weight excluding hydrogens is 93.1 g/mol. The maximum atomic E-state index is 3.28. The second kappa shape index (κ2) is 4.06. The van der Waals surface area contributed by atoms with Gasteiger partial charge in [0.1, 0.15) is 0 Å². The quantitative estimate of drug-likeness (QED) is 0.483. The minimum atomic E-state index is 0. The summed E-state index contributed by atoms with van der Waals surface area (Å²) in [6, 6.07) is 0. The molecule has 1 heterocycles. The molecule has 0 aromatic rings. The van der Waals surface area contributed by atoms with Gasteiger partial charge in [0.15, 0.2) is 0 Å². The lowest BCUT2D eigenvalue weighted by atomic mass is 10.2. The van der Waals surface area contributed by atoms with Crippen LogP contribution in [0.25, 0.3) is 0 Å². The largest absolute Gasteiger partial charge is 0.317 e.